The van der Waals surface area contributed by atoms with Crippen LogP contribution in [0.2, 0.25) is 0 Å². The van der Waals surface area contributed by atoms with Crippen LogP contribution in [0.15, 0.2) is 4.48 Å². The Bertz CT molecular complexity index is 67.0. The summed E-state index contributed by atoms with van der Waals surface area (Å²) >= 11 is 2.87. The van der Waals surface area contributed by atoms with Crippen molar-refractivity contribution in [3.8, 4) is 0 Å². The Labute approximate surface area is 38.8 Å². The number of hydrogen-bond donors (Lipinski definition) is 0. The zero-order chi connectivity index (χ0) is 4.28. The van der Waals surface area contributed by atoms with Crippen molar-refractivity contribution < 1.29 is 4.79 Å². The molecule has 0 atom stereocenters. The maximum absolute atomic E-state index is 9.30. The van der Waals surface area contributed by atoms with Gasteiger partial charge in [0.05, 0.1) is 4.48 Å². The summed E-state index contributed by atoms with van der Waals surface area (Å²) in [5.41, 5.74) is 0. The SMILES string of the molecule is CC(Br)=C=O. The quantitative estimate of drug-likeness (QED) is 0.454. The van der Waals surface area contributed by atoms with Gasteiger partial charge in [-0.3, -0.25) is 0 Å². The lowest BCUT2D eigenvalue weighted by atomic mass is 10.8. The second-order valence-corrected chi connectivity index (χ2v) is 1.83. The van der Waals surface area contributed by atoms with Gasteiger partial charge in [-0.1, -0.05) is 0 Å². The van der Waals surface area contributed by atoms with E-state index < -0.39 is 0 Å². The smallest absolute Gasteiger partial charge is 0.135 e. The maximum atomic E-state index is 9.30. The molecule has 0 amide bonds. The Morgan fingerprint density at radius 1 is 2.00 bits per heavy atom. The van der Waals surface area contributed by atoms with E-state index in [1.54, 1.807) is 12.9 Å². The van der Waals surface area contributed by atoms with Crippen LogP contribution in [0.4, 0.5) is 0 Å². The summed E-state index contributed by atoms with van der Waals surface area (Å²) in [5, 5.41) is 0. The standard InChI is InChI=1S/C3H3BrO/c1-3(4)2-5/h1H3. The van der Waals surface area contributed by atoms with E-state index in [0.29, 0.717) is 4.48 Å². The van der Waals surface area contributed by atoms with E-state index in [1.807, 2.05) is 0 Å². The predicted molar refractivity (Wildman–Crippen MR) is 23.8 cm³/mol. The fraction of sp³-hybridized carbons (Fsp3) is 0.333. The lowest BCUT2D eigenvalue weighted by Gasteiger charge is -1.58. The molecule has 1 nitrogen and oxygen atoms in total. The van der Waals surface area contributed by atoms with E-state index in [-0.39, 0.29) is 0 Å². The van der Waals surface area contributed by atoms with Crippen LogP contribution in [-0.4, -0.2) is 5.94 Å². The zero-order valence-corrected chi connectivity index (χ0v) is 4.37. The van der Waals surface area contributed by atoms with Crippen molar-refractivity contribution in [2.45, 2.75) is 6.92 Å². The highest BCUT2D eigenvalue weighted by Gasteiger charge is 1.66. The van der Waals surface area contributed by atoms with E-state index >= 15 is 0 Å². The lowest BCUT2D eigenvalue weighted by Crippen LogP contribution is -1.48. The highest BCUT2D eigenvalue weighted by Crippen LogP contribution is 1.91. The predicted octanol–water partition coefficient (Wildman–Crippen LogP) is 1.12. The Morgan fingerprint density at radius 3 is 2.20 bits per heavy atom. The van der Waals surface area contributed by atoms with Crippen molar-refractivity contribution >= 4 is 21.9 Å². The molecule has 0 aromatic heterocycles. The normalized spacial score (nSPS) is 6.00. The van der Waals surface area contributed by atoms with E-state index in [0.717, 1.165) is 0 Å². The minimum atomic E-state index is 0.512. The van der Waals surface area contributed by atoms with Crippen LogP contribution in [0.25, 0.3) is 0 Å². The molecule has 0 aliphatic heterocycles. The van der Waals surface area contributed by atoms with Crippen LogP contribution in [0.1, 0.15) is 6.92 Å². The molecule has 0 N–H and O–H groups in total. The van der Waals surface area contributed by atoms with Gasteiger partial charge in [-0.05, 0) is 22.9 Å². The van der Waals surface area contributed by atoms with Crippen molar-refractivity contribution in [2.75, 3.05) is 0 Å². The first-order valence-electron chi connectivity index (χ1n) is 1.14. The molecule has 0 aliphatic rings. The van der Waals surface area contributed by atoms with Crippen molar-refractivity contribution in [3.05, 3.63) is 4.48 Å². The third-order valence-electron chi connectivity index (χ3n) is 0.141. The molecule has 0 saturated heterocycles. The molecule has 0 bridgehead atoms. The number of rotatable bonds is 0. The Hall–Kier alpha value is -0.0700. The van der Waals surface area contributed by atoms with Gasteiger partial charge in [0, 0.05) is 0 Å². The molecule has 0 aliphatic carbocycles. The molecule has 0 radical (unpaired) electrons. The monoisotopic (exact) mass is 134 g/mol. The second-order valence-electron chi connectivity index (χ2n) is 0.636. The van der Waals surface area contributed by atoms with Gasteiger partial charge < -0.3 is 0 Å². The number of hydrogen-bond acceptors (Lipinski definition) is 1. The van der Waals surface area contributed by atoms with Gasteiger partial charge in [0.15, 0.2) is 0 Å². The average molecular weight is 135 g/mol. The summed E-state index contributed by atoms with van der Waals surface area (Å²) in [6, 6.07) is 0. The summed E-state index contributed by atoms with van der Waals surface area (Å²) in [6.07, 6.45) is 0. The maximum Gasteiger partial charge on any atom is 0.135 e. The highest BCUT2D eigenvalue weighted by atomic mass is 79.9. The molecular formula is C3H3BrO. The summed E-state index contributed by atoms with van der Waals surface area (Å²) in [4.78, 5) is 9.30. The molecule has 0 rings (SSSR count). The van der Waals surface area contributed by atoms with Crippen molar-refractivity contribution in [1.29, 1.82) is 0 Å². The molecule has 2 heteroatoms. The fourth-order valence-electron chi connectivity index (χ4n) is 0. The number of halogens is 1. The largest absolute Gasteiger partial charge is 0.233 e. The van der Waals surface area contributed by atoms with E-state index in [4.69, 9.17) is 0 Å². The molecule has 0 saturated carbocycles. The molecule has 0 aromatic carbocycles. The summed E-state index contributed by atoms with van der Waals surface area (Å²) in [5.74, 6) is 1.61. The highest BCUT2D eigenvalue weighted by molar-refractivity contribution is 9.11. The summed E-state index contributed by atoms with van der Waals surface area (Å²) < 4.78 is 0.512. The van der Waals surface area contributed by atoms with Gasteiger partial charge in [-0.2, -0.15) is 0 Å². The first kappa shape index (κ1) is 4.93. The van der Waals surface area contributed by atoms with Crippen LogP contribution in [0.3, 0.4) is 0 Å². The van der Waals surface area contributed by atoms with E-state index in [9.17, 15) is 4.79 Å². The van der Waals surface area contributed by atoms with Crippen molar-refractivity contribution in [3.63, 3.8) is 0 Å². The molecule has 0 heterocycles. The number of allylic oxidation sites excluding steroid dienone is 1. The third-order valence-corrected chi connectivity index (χ3v) is 0.303. The van der Waals surface area contributed by atoms with Crippen molar-refractivity contribution in [1.82, 2.24) is 0 Å². The average Bonchev–Trinajstić information content (AvgIpc) is 1.38. The lowest BCUT2D eigenvalue weighted by molar-refractivity contribution is 0.568. The summed E-state index contributed by atoms with van der Waals surface area (Å²) in [6.45, 7) is 1.63. The molecule has 0 aromatic rings. The molecule has 0 unspecified atom stereocenters. The van der Waals surface area contributed by atoms with Gasteiger partial charge in [-0.25, -0.2) is 4.79 Å². The topological polar surface area (TPSA) is 17.1 Å². The minimum Gasteiger partial charge on any atom is -0.233 e. The van der Waals surface area contributed by atoms with Crippen molar-refractivity contribution in [2.24, 2.45) is 0 Å². The van der Waals surface area contributed by atoms with E-state index in [2.05, 4.69) is 15.9 Å². The van der Waals surface area contributed by atoms with Crippen LogP contribution >= 0.6 is 15.9 Å². The van der Waals surface area contributed by atoms with Crippen LogP contribution in [0.5, 0.6) is 0 Å². The van der Waals surface area contributed by atoms with Gasteiger partial charge in [-0.15, -0.1) is 0 Å². The molecule has 0 fully saturated rings. The van der Waals surface area contributed by atoms with Gasteiger partial charge in [0.1, 0.15) is 5.94 Å². The molecule has 5 heavy (non-hydrogen) atoms. The first-order valence-corrected chi connectivity index (χ1v) is 1.94. The van der Waals surface area contributed by atoms with Crippen LogP contribution < -0.4 is 0 Å². The molecule has 0 spiro atoms. The van der Waals surface area contributed by atoms with Crippen LogP contribution in [-0.2, 0) is 4.79 Å². The van der Waals surface area contributed by atoms with Gasteiger partial charge in [0.25, 0.3) is 0 Å². The zero-order valence-electron chi connectivity index (χ0n) is 2.79. The number of carbonyl (C=O) groups excluding carboxylic acids is 1. The summed E-state index contributed by atoms with van der Waals surface area (Å²) in [7, 11) is 0. The molecule has 28 valence electrons. The Morgan fingerprint density at radius 2 is 2.20 bits per heavy atom. The fourth-order valence-corrected chi connectivity index (χ4v) is 0. The Kier molecular flexibility index (Phi) is 2.15. The first-order chi connectivity index (χ1) is 2.27. The second kappa shape index (κ2) is 2.18. The van der Waals surface area contributed by atoms with Gasteiger partial charge in [0.2, 0.25) is 0 Å². The van der Waals surface area contributed by atoms with Crippen LogP contribution in [0, 0.1) is 0 Å². The molecular weight excluding hydrogens is 132 g/mol. The minimum absolute atomic E-state index is 0.512. The van der Waals surface area contributed by atoms with E-state index in [1.165, 1.54) is 0 Å². The third kappa shape index (κ3) is 3.93. The Balaban J connectivity index is 3.60. The van der Waals surface area contributed by atoms with Gasteiger partial charge >= 0.3 is 0 Å².